The quantitative estimate of drug-likeness (QED) is 0.837. The van der Waals surface area contributed by atoms with E-state index < -0.39 is 0 Å². The van der Waals surface area contributed by atoms with E-state index in [9.17, 15) is 0 Å². The Bertz CT molecular complexity index is 576. The first-order valence-corrected chi connectivity index (χ1v) is 6.04. The van der Waals surface area contributed by atoms with E-state index in [1.807, 2.05) is 30.8 Å². The lowest BCUT2D eigenvalue weighted by Crippen LogP contribution is -2.05. The number of nitrogens with two attached hydrogens (primary N) is 1. The van der Waals surface area contributed by atoms with Crippen molar-refractivity contribution in [3.8, 4) is 11.3 Å². The van der Waals surface area contributed by atoms with Gasteiger partial charge in [0.1, 0.15) is 17.3 Å². The smallest absolute Gasteiger partial charge is 0.132 e. The summed E-state index contributed by atoms with van der Waals surface area (Å²) in [7, 11) is 1.90. The third kappa shape index (κ3) is 1.92. The molecular weight excluding hydrogens is 226 g/mol. The molecule has 2 N–H and O–H groups in total. The summed E-state index contributed by atoms with van der Waals surface area (Å²) >= 11 is 0. The molecule has 0 aliphatic rings. The normalized spacial score (nSPS) is 10.8. The van der Waals surface area contributed by atoms with E-state index in [1.54, 1.807) is 4.68 Å². The Morgan fingerprint density at radius 1 is 1.50 bits per heavy atom. The topological polar surface area (TPSA) is 61.7 Å². The predicted octanol–water partition coefficient (Wildman–Crippen LogP) is 1.92. The molecule has 2 aromatic heterocycles. The van der Waals surface area contributed by atoms with Crippen molar-refractivity contribution >= 4 is 5.82 Å². The lowest BCUT2D eigenvalue weighted by atomic mass is 10.2. The molecule has 0 aromatic carbocycles. The van der Waals surface area contributed by atoms with Crippen LogP contribution in [0.25, 0.3) is 11.3 Å². The van der Waals surface area contributed by atoms with Crippen LogP contribution >= 0.6 is 0 Å². The van der Waals surface area contributed by atoms with Crippen LogP contribution in [-0.4, -0.2) is 19.3 Å². The summed E-state index contributed by atoms with van der Waals surface area (Å²) in [4.78, 5) is 4.63. The van der Waals surface area contributed by atoms with E-state index in [-0.39, 0.29) is 0 Å². The average molecular weight is 245 g/mol. The van der Waals surface area contributed by atoms with E-state index in [2.05, 4.69) is 23.6 Å². The van der Waals surface area contributed by atoms with Gasteiger partial charge in [-0.25, -0.2) is 4.98 Å². The number of allylic oxidation sites excluding steroid dienone is 1. The van der Waals surface area contributed by atoms with Gasteiger partial charge in [-0.05, 0) is 6.92 Å². The van der Waals surface area contributed by atoms with E-state index in [1.165, 1.54) is 0 Å². The Kier molecular flexibility index (Phi) is 3.23. The summed E-state index contributed by atoms with van der Waals surface area (Å²) in [5.41, 5.74) is 8.94. The third-order valence-electron chi connectivity index (χ3n) is 2.98. The predicted molar refractivity (Wildman–Crippen MR) is 73.2 cm³/mol. The Hall–Kier alpha value is -2.04. The van der Waals surface area contributed by atoms with Crippen LogP contribution in [0.1, 0.15) is 18.4 Å². The molecular formula is C13H19N5. The molecule has 18 heavy (non-hydrogen) atoms. The van der Waals surface area contributed by atoms with Gasteiger partial charge >= 0.3 is 0 Å². The highest BCUT2D eigenvalue weighted by molar-refractivity contribution is 5.72. The van der Waals surface area contributed by atoms with Crippen LogP contribution in [-0.2, 0) is 20.0 Å². The van der Waals surface area contributed by atoms with Crippen molar-refractivity contribution in [3.63, 3.8) is 0 Å². The van der Waals surface area contributed by atoms with Crippen molar-refractivity contribution < 1.29 is 0 Å². The van der Waals surface area contributed by atoms with Gasteiger partial charge in [0.2, 0.25) is 0 Å². The zero-order chi connectivity index (χ0) is 13.3. The van der Waals surface area contributed by atoms with Crippen LogP contribution < -0.4 is 5.73 Å². The van der Waals surface area contributed by atoms with Gasteiger partial charge in [-0.15, -0.1) is 6.58 Å². The van der Waals surface area contributed by atoms with Gasteiger partial charge in [0, 0.05) is 31.8 Å². The van der Waals surface area contributed by atoms with Crippen LogP contribution in [0.3, 0.4) is 0 Å². The molecule has 2 rings (SSSR count). The van der Waals surface area contributed by atoms with Crippen molar-refractivity contribution in [2.45, 2.75) is 26.8 Å². The van der Waals surface area contributed by atoms with Crippen LogP contribution in [0, 0.1) is 6.92 Å². The van der Waals surface area contributed by atoms with Gasteiger partial charge in [-0.2, -0.15) is 5.10 Å². The lowest BCUT2D eigenvalue weighted by molar-refractivity contribution is 0.756. The molecule has 0 radical (unpaired) electrons. The first-order chi connectivity index (χ1) is 8.58. The molecule has 0 amide bonds. The number of aromatic nitrogens is 4. The Labute approximate surface area is 107 Å². The number of hydrogen-bond acceptors (Lipinski definition) is 3. The maximum Gasteiger partial charge on any atom is 0.132 e. The Balaban J connectivity index is 2.58. The number of nitrogen functional groups attached to an aromatic ring is 1. The highest BCUT2D eigenvalue weighted by Crippen LogP contribution is 2.28. The zero-order valence-corrected chi connectivity index (χ0v) is 11.1. The third-order valence-corrected chi connectivity index (χ3v) is 2.98. The first-order valence-electron chi connectivity index (χ1n) is 6.04. The fraction of sp³-hybridized carbons (Fsp3) is 0.385. The molecule has 2 aromatic rings. The van der Waals surface area contributed by atoms with Gasteiger partial charge < -0.3 is 10.3 Å². The van der Waals surface area contributed by atoms with Crippen LogP contribution in [0.2, 0.25) is 0 Å². The maximum atomic E-state index is 6.19. The summed E-state index contributed by atoms with van der Waals surface area (Å²) in [6.45, 7) is 8.47. The second-order valence-corrected chi connectivity index (χ2v) is 4.32. The number of hydrogen-bond donors (Lipinski definition) is 1. The summed E-state index contributed by atoms with van der Waals surface area (Å²) in [5.74, 6) is 1.66. The van der Waals surface area contributed by atoms with Crippen molar-refractivity contribution in [2.24, 2.45) is 7.05 Å². The van der Waals surface area contributed by atoms with Gasteiger partial charge in [-0.3, -0.25) is 4.68 Å². The molecule has 0 atom stereocenters. The largest absolute Gasteiger partial charge is 0.383 e. The fourth-order valence-corrected chi connectivity index (χ4v) is 2.15. The summed E-state index contributed by atoms with van der Waals surface area (Å²) < 4.78 is 3.77. The van der Waals surface area contributed by atoms with Crippen molar-refractivity contribution in [1.82, 2.24) is 19.3 Å². The Morgan fingerprint density at radius 3 is 2.72 bits per heavy atom. The molecule has 0 unspecified atom stereocenters. The molecule has 0 aliphatic heterocycles. The lowest BCUT2D eigenvalue weighted by Gasteiger charge is -2.04. The number of imidazole rings is 1. The molecule has 5 heteroatoms. The van der Waals surface area contributed by atoms with E-state index in [0.717, 1.165) is 29.2 Å². The van der Waals surface area contributed by atoms with Crippen LogP contribution in [0.4, 0.5) is 5.82 Å². The highest BCUT2D eigenvalue weighted by atomic mass is 15.3. The first kappa shape index (κ1) is 12.4. The monoisotopic (exact) mass is 245 g/mol. The van der Waals surface area contributed by atoms with Crippen molar-refractivity contribution in [1.29, 1.82) is 0 Å². The number of rotatable bonds is 4. The number of anilines is 1. The van der Waals surface area contributed by atoms with E-state index in [0.29, 0.717) is 12.4 Å². The van der Waals surface area contributed by atoms with Gasteiger partial charge in [0.15, 0.2) is 0 Å². The molecule has 0 fully saturated rings. The summed E-state index contributed by atoms with van der Waals surface area (Å²) in [6, 6.07) is 0. The molecule has 0 spiro atoms. The molecule has 0 bridgehead atoms. The molecule has 0 saturated heterocycles. The van der Waals surface area contributed by atoms with Crippen LogP contribution in [0.5, 0.6) is 0 Å². The number of aryl methyl sites for hydroxylation is 3. The molecule has 96 valence electrons. The minimum absolute atomic E-state index is 0.682. The summed E-state index contributed by atoms with van der Waals surface area (Å²) in [6.07, 6.45) is 4.63. The molecule has 5 nitrogen and oxygen atoms in total. The zero-order valence-electron chi connectivity index (χ0n) is 11.1. The average Bonchev–Trinajstić information content (AvgIpc) is 2.81. The Morgan fingerprint density at radius 2 is 2.22 bits per heavy atom. The fourth-order valence-electron chi connectivity index (χ4n) is 2.15. The SMILES string of the molecule is C=CCn1c(CC)nc(-c2cn(C)nc2C)c1N. The molecule has 0 aliphatic carbocycles. The van der Waals surface area contributed by atoms with Crippen LogP contribution in [0.15, 0.2) is 18.9 Å². The maximum absolute atomic E-state index is 6.19. The molecule has 2 heterocycles. The van der Waals surface area contributed by atoms with Gasteiger partial charge in [-0.1, -0.05) is 13.0 Å². The van der Waals surface area contributed by atoms with Crippen molar-refractivity contribution in [3.05, 3.63) is 30.4 Å². The number of nitrogens with zero attached hydrogens (tertiary/aromatic N) is 4. The minimum Gasteiger partial charge on any atom is -0.383 e. The van der Waals surface area contributed by atoms with E-state index in [4.69, 9.17) is 5.73 Å². The molecule has 0 saturated carbocycles. The van der Waals surface area contributed by atoms with Gasteiger partial charge in [0.25, 0.3) is 0 Å². The second-order valence-electron chi connectivity index (χ2n) is 4.32. The second kappa shape index (κ2) is 4.68. The minimum atomic E-state index is 0.682. The van der Waals surface area contributed by atoms with E-state index >= 15 is 0 Å². The summed E-state index contributed by atoms with van der Waals surface area (Å²) in [5, 5.41) is 4.33. The highest BCUT2D eigenvalue weighted by Gasteiger charge is 2.17. The van der Waals surface area contributed by atoms with Gasteiger partial charge in [0.05, 0.1) is 5.69 Å². The standard InChI is InChI=1S/C13H19N5/c1-5-7-18-11(6-2)15-12(13(18)14)10-8-17(4)16-9(10)3/h5,8H,1,6-7,14H2,2-4H3. The van der Waals surface area contributed by atoms with Crippen molar-refractivity contribution in [2.75, 3.05) is 5.73 Å².